The molecule has 0 radical (unpaired) electrons. The van der Waals surface area contributed by atoms with Gasteiger partial charge in [-0.2, -0.15) is 4.39 Å². The minimum Gasteiger partial charge on any atom is -0.381 e. The Morgan fingerprint density at radius 1 is 1.45 bits per heavy atom. The lowest BCUT2D eigenvalue weighted by molar-refractivity contribution is 0.0790. The maximum absolute atomic E-state index is 14.0. The Morgan fingerprint density at radius 2 is 2.23 bits per heavy atom. The van der Waals surface area contributed by atoms with Crippen molar-refractivity contribution in [2.45, 2.75) is 20.3 Å². The van der Waals surface area contributed by atoms with Gasteiger partial charge < -0.3 is 10.6 Å². The monoisotopic (exact) mass is 309 g/mol. The number of nitrogens with one attached hydrogen (secondary N) is 3. The van der Waals surface area contributed by atoms with Gasteiger partial charge >= 0.3 is 0 Å². The van der Waals surface area contributed by atoms with E-state index in [2.05, 4.69) is 21.0 Å². The number of halogens is 1. The van der Waals surface area contributed by atoms with Crippen molar-refractivity contribution >= 4 is 11.6 Å². The van der Waals surface area contributed by atoms with E-state index in [1.165, 1.54) is 0 Å². The second-order valence-electron chi connectivity index (χ2n) is 5.46. The zero-order valence-corrected chi connectivity index (χ0v) is 13.2. The summed E-state index contributed by atoms with van der Waals surface area (Å²) in [6, 6.07) is 3.11. The summed E-state index contributed by atoms with van der Waals surface area (Å²) in [6.07, 6.45) is 0.925. The Labute approximate surface area is 130 Å². The molecule has 3 N–H and O–H groups in total. The SMILES string of the molecule is CCCN(CC)NC(=O)c1ccc(NCC2CNC2)c(F)n1. The summed E-state index contributed by atoms with van der Waals surface area (Å²) < 4.78 is 14.0. The van der Waals surface area contributed by atoms with Crippen molar-refractivity contribution in [3.63, 3.8) is 0 Å². The number of nitrogens with zero attached hydrogens (tertiary/aromatic N) is 2. The van der Waals surface area contributed by atoms with Gasteiger partial charge in [-0.3, -0.25) is 10.2 Å². The molecular weight excluding hydrogens is 285 g/mol. The zero-order chi connectivity index (χ0) is 15.9. The highest BCUT2D eigenvalue weighted by molar-refractivity contribution is 5.92. The summed E-state index contributed by atoms with van der Waals surface area (Å²) in [5.41, 5.74) is 3.16. The number of aromatic nitrogens is 1. The number of pyridine rings is 1. The maximum atomic E-state index is 14.0. The molecule has 1 aromatic rings. The van der Waals surface area contributed by atoms with E-state index in [1.54, 1.807) is 17.1 Å². The number of hydrogen-bond acceptors (Lipinski definition) is 5. The van der Waals surface area contributed by atoms with Gasteiger partial charge in [0, 0.05) is 38.6 Å². The Bertz CT molecular complexity index is 507. The van der Waals surface area contributed by atoms with E-state index in [0.717, 1.165) is 26.1 Å². The molecule has 2 rings (SSSR count). The molecule has 0 spiro atoms. The number of hydrazine groups is 1. The molecule has 0 aliphatic carbocycles. The molecular formula is C15H24FN5O. The lowest BCUT2D eigenvalue weighted by atomic mass is 10.0. The molecule has 0 saturated carbocycles. The number of anilines is 1. The van der Waals surface area contributed by atoms with Crippen molar-refractivity contribution in [2.75, 3.05) is 38.0 Å². The maximum Gasteiger partial charge on any atom is 0.284 e. The van der Waals surface area contributed by atoms with Crippen LogP contribution in [0.2, 0.25) is 0 Å². The Kier molecular flexibility index (Phi) is 6.09. The average molecular weight is 309 g/mol. The van der Waals surface area contributed by atoms with Gasteiger partial charge in [-0.25, -0.2) is 9.99 Å². The Hall–Kier alpha value is -1.73. The molecule has 0 bridgehead atoms. The van der Waals surface area contributed by atoms with Gasteiger partial charge in [-0.15, -0.1) is 0 Å². The fourth-order valence-electron chi connectivity index (χ4n) is 2.20. The second-order valence-corrected chi connectivity index (χ2v) is 5.46. The predicted octanol–water partition coefficient (Wildman–Crippen LogP) is 1.23. The molecule has 1 fully saturated rings. The van der Waals surface area contributed by atoms with Gasteiger partial charge in [0.1, 0.15) is 5.69 Å². The summed E-state index contributed by atoms with van der Waals surface area (Å²) in [5, 5.41) is 7.99. The van der Waals surface area contributed by atoms with Crippen LogP contribution in [-0.4, -0.2) is 48.6 Å². The number of carbonyl (C=O) groups excluding carboxylic acids is 1. The van der Waals surface area contributed by atoms with Crippen LogP contribution in [0.15, 0.2) is 12.1 Å². The van der Waals surface area contributed by atoms with Crippen molar-refractivity contribution in [1.29, 1.82) is 0 Å². The number of amides is 1. The predicted molar refractivity (Wildman–Crippen MR) is 84.0 cm³/mol. The molecule has 7 heteroatoms. The summed E-state index contributed by atoms with van der Waals surface area (Å²) in [7, 11) is 0. The van der Waals surface area contributed by atoms with Gasteiger partial charge in [-0.05, 0) is 18.6 Å². The minimum atomic E-state index is -0.640. The third-order valence-corrected chi connectivity index (χ3v) is 3.66. The van der Waals surface area contributed by atoms with Crippen molar-refractivity contribution < 1.29 is 9.18 Å². The van der Waals surface area contributed by atoms with Gasteiger partial charge in [0.25, 0.3) is 5.91 Å². The van der Waals surface area contributed by atoms with E-state index in [-0.39, 0.29) is 11.6 Å². The van der Waals surface area contributed by atoms with Gasteiger partial charge in [0.15, 0.2) is 0 Å². The number of carbonyl (C=O) groups is 1. The van der Waals surface area contributed by atoms with Crippen LogP contribution < -0.4 is 16.1 Å². The first kappa shape index (κ1) is 16.6. The fraction of sp³-hybridized carbons (Fsp3) is 0.600. The van der Waals surface area contributed by atoms with Gasteiger partial charge in [0.2, 0.25) is 5.95 Å². The van der Waals surface area contributed by atoms with Crippen LogP contribution in [0.5, 0.6) is 0 Å². The van der Waals surface area contributed by atoms with Gasteiger partial charge in [-0.1, -0.05) is 13.8 Å². The van der Waals surface area contributed by atoms with Gasteiger partial charge in [0.05, 0.1) is 5.69 Å². The van der Waals surface area contributed by atoms with Crippen molar-refractivity contribution in [3.8, 4) is 0 Å². The lowest BCUT2D eigenvalue weighted by Crippen LogP contribution is -2.45. The summed E-state index contributed by atoms with van der Waals surface area (Å²) in [4.78, 5) is 15.8. The summed E-state index contributed by atoms with van der Waals surface area (Å²) in [5.74, 6) is -0.503. The Morgan fingerprint density at radius 3 is 2.77 bits per heavy atom. The largest absolute Gasteiger partial charge is 0.381 e. The lowest BCUT2D eigenvalue weighted by Gasteiger charge is -2.27. The van der Waals surface area contributed by atoms with Crippen LogP contribution in [-0.2, 0) is 0 Å². The molecule has 1 amide bonds. The van der Waals surface area contributed by atoms with Crippen LogP contribution in [0.4, 0.5) is 10.1 Å². The van der Waals surface area contributed by atoms with Crippen LogP contribution in [0.25, 0.3) is 0 Å². The summed E-state index contributed by atoms with van der Waals surface area (Å²) >= 11 is 0. The van der Waals surface area contributed by atoms with E-state index in [4.69, 9.17) is 0 Å². The molecule has 0 aromatic carbocycles. The van der Waals surface area contributed by atoms with Crippen molar-refractivity contribution in [2.24, 2.45) is 5.92 Å². The van der Waals surface area contributed by atoms with Crippen LogP contribution in [0.3, 0.4) is 0 Å². The normalized spacial score (nSPS) is 14.7. The van der Waals surface area contributed by atoms with Crippen LogP contribution >= 0.6 is 0 Å². The second kappa shape index (κ2) is 8.05. The first-order valence-corrected chi connectivity index (χ1v) is 7.81. The highest BCUT2D eigenvalue weighted by atomic mass is 19.1. The quantitative estimate of drug-likeness (QED) is 0.498. The standard InChI is InChI=1S/C15H24FN5O/c1-3-7-21(4-2)20-15(22)13-6-5-12(14(16)19-13)18-10-11-8-17-9-11/h5-6,11,17-18H,3-4,7-10H2,1-2H3,(H,20,22). The van der Waals surface area contributed by atoms with Crippen molar-refractivity contribution in [1.82, 2.24) is 20.7 Å². The molecule has 1 aliphatic heterocycles. The molecule has 122 valence electrons. The highest BCUT2D eigenvalue weighted by Crippen LogP contribution is 2.14. The molecule has 6 nitrogen and oxygen atoms in total. The van der Waals surface area contributed by atoms with E-state index >= 15 is 0 Å². The molecule has 22 heavy (non-hydrogen) atoms. The average Bonchev–Trinajstić information content (AvgIpc) is 2.46. The first-order valence-electron chi connectivity index (χ1n) is 7.81. The fourth-order valence-corrected chi connectivity index (χ4v) is 2.20. The Balaban J connectivity index is 1.93. The molecule has 0 unspecified atom stereocenters. The number of hydrogen-bond donors (Lipinski definition) is 3. The van der Waals surface area contributed by atoms with E-state index in [0.29, 0.717) is 24.7 Å². The zero-order valence-electron chi connectivity index (χ0n) is 13.2. The molecule has 2 heterocycles. The molecule has 1 aromatic heterocycles. The third kappa shape index (κ3) is 4.38. The molecule has 1 aliphatic rings. The first-order chi connectivity index (χ1) is 10.6. The molecule has 0 atom stereocenters. The third-order valence-electron chi connectivity index (χ3n) is 3.66. The highest BCUT2D eigenvalue weighted by Gasteiger charge is 2.18. The van der Waals surface area contributed by atoms with E-state index in [1.807, 2.05) is 13.8 Å². The van der Waals surface area contributed by atoms with E-state index in [9.17, 15) is 9.18 Å². The molecule has 1 saturated heterocycles. The van der Waals surface area contributed by atoms with Crippen LogP contribution in [0, 0.1) is 11.9 Å². The summed E-state index contributed by atoms with van der Waals surface area (Å²) in [6.45, 7) is 8.03. The smallest absolute Gasteiger partial charge is 0.284 e. The van der Waals surface area contributed by atoms with Crippen molar-refractivity contribution in [3.05, 3.63) is 23.8 Å². The number of rotatable bonds is 8. The van der Waals surface area contributed by atoms with Crippen LogP contribution in [0.1, 0.15) is 30.8 Å². The van der Waals surface area contributed by atoms with E-state index < -0.39 is 5.95 Å². The minimum absolute atomic E-state index is 0.0860. The topological polar surface area (TPSA) is 69.3 Å².